The second kappa shape index (κ2) is 6.03. The summed E-state index contributed by atoms with van der Waals surface area (Å²) in [4.78, 5) is 0. The fraction of sp³-hybridized carbons (Fsp3) is 0.500. The number of nitrogens with two attached hydrogens (primary N) is 1. The van der Waals surface area contributed by atoms with Crippen LogP contribution in [0.1, 0.15) is 24.4 Å². The third kappa shape index (κ3) is 3.12. The van der Waals surface area contributed by atoms with Gasteiger partial charge in [-0.05, 0) is 36.5 Å². The van der Waals surface area contributed by atoms with E-state index in [4.69, 9.17) is 33.8 Å². The van der Waals surface area contributed by atoms with Crippen LogP contribution in [0.2, 0.25) is 10.0 Å². The third-order valence-corrected chi connectivity index (χ3v) is 3.96. The summed E-state index contributed by atoms with van der Waals surface area (Å²) in [6.45, 7) is 1.59. The van der Waals surface area contributed by atoms with Gasteiger partial charge in [-0.2, -0.15) is 0 Å². The van der Waals surface area contributed by atoms with Crippen molar-refractivity contribution in [3.8, 4) is 0 Å². The Hall–Kier alpha value is -0.320. The highest BCUT2D eigenvalue weighted by atomic mass is 35.5. The topological polar surface area (TPSA) is 47.3 Å². The largest absolute Gasteiger partial charge is 0.381 e. The molecule has 3 N–H and O–H groups in total. The van der Waals surface area contributed by atoms with E-state index >= 15 is 0 Å². The molecule has 2 rings (SSSR count). The van der Waals surface area contributed by atoms with Gasteiger partial charge in [-0.15, -0.1) is 0 Å². The van der Waals surface area contributed by atoms with Gasteiger partial charge in [0, 0.05) is 19.3 Å². The lowest BCUT2D eigenvalue weighted by atomic mass is 9.87. The van der Waals surface area contributed by atoms with Crippen LogP contribution in [0.4, 0.5) is 0 Å². The summed E-state index contributed by atoms with van der Waals surface area (Å²) >= 11 is 11.9. The zero-order valence-corrected chi connectivity index (χ0v) is 11.0. The molecule has 1 atom stereocenters. The average Bonchev–Trinajstić information content (AvgIpc) is 2.36. The second-order valence-electron chi connectivity index (χ2n) is 4.27. The van der Waals surface area contributed by atoms with Gasteiger partial charge in [0.2, 0.25) is 0 Å². The van der Waals surface area contributed by atoms with E-state index in [1.54, 1.807) is 0 Å². The highest BCUT2D eigenvalue weighted by Gasteiger charge is 2.24. The van der Waals surface area contributed by atoms with Crippen LogP contribution < -0.4 is 11.3 Å². The fourth-order valence-corrected chi connectivity index (χ4v) is 2.57. The SMILES string of the molecule is NNC(c1ccc(Cl)c(Cl)c1)C1CCOCC1. The van der Waals surface area contributed by atoms with E-state index < -0.39 is 0 Å². The molecule has 94 valence electrons. The zero-order valence-electron chi connectivity index (χ0n) is 9.46. The lowest BCUT2D eigenvalue weighted by Crippen LogP contribution is -2.36. The number of hydrazine groups is 1. The molecule has 1 aliphatic heterocycles. The van der Waals surface area contributed by atoms with E-state index in [1.165, 1.54) is 0 Å². The van der Waals surface area contributed by atoms with E-state index in [0.29, 0.717) is 16.0 Å². The Balaban J connectivity index is 2.18. The molecule has 0 radical (unpaired) electrons. The number of ether oxygens (including phenoxy) is 1. The van der Waals surface area contributed by atoms with Gasteiger partial charge in [0.25, 0.3) is 0 Å². The van der Waals surface area contributed by atoms with Gasteiger partial charge in [0.15, 0.2) is 0 Å². The quantitative estimate of drug-likeness (QED) is 0.658. The van der Waals surface area contributed by atoms with Gasteiger partial charge >= 0.3 is 0 Å². The van der Waals surface area contributed by atoms with Crippen LogP contribution in [0, 0.1) is 5.92 Å². The smallest absolute Gasteiger partial charge is 0.0595 e. The molecule has 1 aromatic rings. The maximum absolute atomic E-state index is 6.03. The molecule has 1 aromatic carbocycles. The normalized spacial score (nSPS) is 19.2. The van der Waals surface area contributed by atoms with Gasteiger partial charge in [-0.3, -0.25) is 11.3 Å². The van der Waals surface area contributed by atoms with Gasteiger partial charge in [0.1, 0.15) is 0 Å². The molecule has 0 aliphatic carbocycles. The standard InChI is InChI=1S/C12H16Cl2N2O/c13-10-2-1-9(7-11(10)14)12(16-15)8-3-5-17-6-4-8/h1-2,7-8,12,16H,3-6,15H2. The van der Waals surface area contributed by atoms with E-state index in [2.05, 4.69) is 5.43 Å². The van der Waals surface area contributed by atoms with Crippen molar-refractivity contribution in [3.05, 3.63) is 33.8 Å². The van der Waals surface area contributed by atoms with Crippen LogP contribution in [-0.4, -0.2) is 13.2 Å². The first-order valence-corrected chi connectivity index (χ1v) is 6.47. The van der Waals surface area contributed by atoms with Crippen molar-refractivity contribution >= 4 is 23.2 Å². The average molecular weight is 275 g/mol. The Morgan fingerprint density at radius 2 is 1.94 bits per heavy atom. The van der Waals surface area contributed by atoms with Crippen LogP contribution in [0.3, 0.4) is 0 Å². The van der Waals surface area contributed by atoms with Crippen LogP contribution in [0.15, 0.2) is 18.2 Å². The minimum Gasteiger partial charge on any atom is -0.381 e. The summed E-state index contributed by atoms with van der Waals surface area (Å²) in [5.41, 5.74) is 3.96. The number of hydrogen-bond acceptors (Lipinski definition) is 3. The summed E-state index contributed by atoms with van der Waals surface area (Å²) in [6.07, 6.45) is 2.02. The van der Waals surface area contributed by atoms with Crippen LogP contribution in [0.25, 0.3) is 0 Å². The number of rotatable bonds is 3. The molecule has 1 heterocycles. The van der Waals surface area contributed by atoms with E-state index in [-0.39, 0.29) is 6.04 Å². The molecule has 1 aliphatic rings. The number of hydrogen-bond donors (Lipinski definition) is 2. The van der Waals surface area contributed by atoms with Crippen molar-refractivity contribution < 1.29 is 4.74 Å². The number of halogens is 2. The third-order valence-electron chi connectivity index (χ3n) is 3.22. The summed E-state index contributed by atoms with van der Waals surface area (Å²) in [5.74, 6) is 6.13. The lowest BCUT2D eigenvalue weighted by Gasteiger charge is -2.30. The Morgan fingerprint density at radius 1 is 1.24 bits per heavy atom. The number of nitrogens with one attached hydrogen (secondary N) is 1. The molecule has 17 heavy (non-hydrogen) atoms. The van der Waals surface area contributed by atoms with E-state index in [1.807, 2.05) is 18.2 Å². The summed E-state index contributed by atoms with van der Waals surface area (Å²) in [5, 5.41) is 1.13. The highest BCUT2D eigenvalue weighted by Crippen LogP contribution is 2.32. The lowest BCUT2D eigenvalue weighted by molar-refractivity contribution is 0.0536. The predicted molar refractivity (Wildman–Crippen MR) is 70.1 cm³/mol. The minimum absolute atomic E-state index is 0.105. The second-order valence-corrected chi connectivity index (χ2v) is 5.08. The first-order chi connectivity index (χ1) is 8.22. The highest BCUT2D eigenvalue weighted by molar-refractivity contribution is 6.42. The molecule has 0 spiro atoms. The van der Waals surface area contributed by atoms with Crippen LogP contribution in [0.5, 0.6) is 0 Å². The Bertz CT molecular complexity index is 381. The molecule has 0 amide bonds. The molecule has 0 aromatic heterocycles. The van der Waals surface area contributed by atoms with Gasteiger partial charge in [0.05, 0.1) is 10.0 Å². The van der Waals surface area contributed by atoms with Crippen LogP contribution >= 0.6 is 23.2 Å². The maximum atomic E-state index is 6.03. The monoisotopic (exact) mass is 274 g/mol. The van der Waals surface area contributed by atoms with Crippen molar-refractivity contribution in [2.75, 3.05) is 13.2 Å². The first kappa shape index (κ1) is 13.1. The van der Waals surface area contributed by atoms with Gasteiger partial charge in [-0.1, -0.05) is 29.3 Å². The van der Waals surface area contributed by atoms with Crippen molar-refractivity contribution in [2.45, 2.75) is 18.9 Å². The fourth-order valence-electron chi connectivity index (χ4n) is 2.26. The Labute approximate surface area is 111 Å². The number of benzene rings is 1. The molecule has 0 saturated carbocycles. The molecule has 0 bridgehead atoms. The Kier molecular flexibility index (Phi) is 4.65. The summed E-state index contributed by atoms with van der Waals surface area (Å²) in [7, 11) is 0. The van der Waals surface area contributed by atoms with Crippen molar-refractivity contribution in [3.63, 3.8) is 0 Å². The molecular weight excluding hydrogens is 259 g/mol. The van der Waals surface area contributed by atoms with E-state index in [0.717, 1.165) is 31.6 Å². The van der Waals surface area contributed by atoms with Gasteiger partial charge in [-0.25, -0.2) is 0 Å². The van der Waals surface area contributed by atoms with Crippen molar-refractivity contribution in [1.29, 1.82) is 0 Å². The van der Waals surface area contributed by atoms with Crippen molar-refractivity contribution in [2.24, 2.45) is 11.8 Å². The Morgan fingerprint density at radius 3 is 2.53 bits per heavy atom. The molecule has 1 fully saturated rings. The van der Waals surface area contributed by atoms with Gasteiger partial charge < -0.3 is 4.74 Å². The summed E-state index contributed by atoms with van der Waals surface area (Å²) < 4.78 is 5.36. The molecule has 1 saturated heterocycles. The minimum atomic E-state index is 0.105. The molecular formula is C12H16Cl2N2O. The maximum Gasteiger partial charge on any atom is 0.0595 e. The van der Waals surface area contributed by atoms with E-state index in [9.17, 15) is 0 Å². The summed E-state index contributed by atoms with van der Waals surface area (Å²) in [6, 6.07) is 5.76. The molecule has 3 nitrogen and oxygen atoms in total. The first-order valence-electron chi connectivity index (χ1n) is 5.71. The molecule has 5 heteroatoms. The predicted octanol–water partition coefficient (Wildman–Crippen LogP) is 2.92. The van der Waals surface area contributed by atoms with Crippen LogP contribution in [-0.2, 0) is 4.74 Å². The zero-order chi connectivity index (χ0) is 12.3. The van der Waals surface area contributed by atoms with Crippen molar-refractivity contribution in [1.82, 2.24) is 5.43 Å². The molecule has 1 unspecified atom stereocenters.